The summed E-state index contributed by atoms with van der Waals surface area (Å²) in [5, 5.41) is 6.75. The molecule has 100 valence electrons. The predicted molar refractivity (Wildman–Crippen MR) is 89.6 cm³/mol. The van der Waals surface area contributed by atoms with Crippen LogP contribution >= 0.6 is 82.9 Å². The first-order chi connectivity index (χ1) is 8.36. The minimum atomic E-state index is 0.133. The van der Waals surface area contributed by atoms with Gasteiger partial charge in [-0.25, -0.2) is 0 Å². The molecule has 0 aliphatic heterocycles. The molecule has 0 aromatic heterocycles. The number of hydrogen-bond acceptors (Lipinski definition) is 2. The molecule has 0 aliphatic rings. The van der Waals surface area contributed by atoms with Gasteiger partial charge in [-0.15, -0.1) is 12.6 Å². The smallest absolute Gasteiger partial charge is 0.130 e. The average molecular weight is 385 g/mol. The van der Waals surface area contributed by atoms with Gasteiger partial charge in [0.15, 0.2) is 0 Å². The van der Waals surface area contributed by atoms with E-state index >= 15 is 0 Å². The molecule has 2 nitrogen and oxygen atoms in total. The van der Waals surface area contributed by atoms with Gasteiger partial charge >= 0.3 is 0 Å². The fraction of sp³-hybridized carbons (Fsp3) is 0.222. The number of thiol groups is 1. The molecule has 0 unspecified atom stereocenters. The Morgan fingerprint density at radius 1 is 0.889 bits per heavy atom. The minimum Gasteiger partial charge on any atom is -0.381 e. The maximum absolute atomic E-state index is 6.03. The Morgan fingerprint density at radius 2 is 1.33 bits per heavy atom. The molecule has 0 saturated heterocycles. The number of rotatable bonds is 4. The molecule has 0 bridgehead atoms. The number of thiocarbonyl (C=S) groups is 1. The summed E-state index contributed by atoms with van der Waals surface area (Å²) < 4.78 is 0.404. The van der Waals surface area contributed by atoms with Gasteiger partial charge in [0.05, 0.1) is 30.8 Å². The topological polar surface area (TPSA) is 24.1 Å². The maximum Gasteiger partial charge on any atom is 0.130 e. The third kappa shape index (κ3) is 4.10. The largest absolute Gasteiger partial charge is 0.381 e. The van der Waals surface area contributed by atoms with E-state index in [0.29, 0.717) is 23.1 Å². The Bertz CT molecular complexity index is 452. The second-order valence-corrected chi connectivity index (χ2v) is 6.15. The molecule has 2 N–H and O–H groups in total. The van der Waals surface area contributed by atoms with Crippen molar-refractivity contribution in [2.75, 3.05) is 18.4 Å². The highest BCUT2D eigenvalue weighted by molar-refractivity contribution is 8.11. The van der Waals surface area contributed by atoms with Crippen LogP contribution in [0.5, 0.6) is 0 Å². The molecule has 1 rings (SSSR count). The molecule has 0 saturated carbocycles. The summed E-state index contributed by atoms with van der Waals surface area (Å²) in [6.07, 6.45) is 0. The normalized spacial score (nSPS) is 10.3. The number of hydrogen-bond donors (Lipinski definition) is 3. The van der Waals surface area contributed by atoms with Crippen LogP contribution in [0.4, 0.5) is 5.69 Å². The number of benzene rings is 1. The van der Waals surface area contributed by atoms with Gasteiger partial charge in [-0.2, -0.15) is 0 Å². The van der Waals surface area contributed by atoms with Gasteiger partial charge in [-0.3, -0.25) is 0 Å². The summed E-state index contributed by atoms with van der Waals surface area (Å²) >= 11 is 38.5. The van der Waals surface area contributed by atoms with Crippen molar-refractivity contribution < 1.29 is 0 Å². The van der Waals surface area contributed by atoms with Gasteiger partial charge < -0.3 is 10.6 Å². The Morgan fingerprint density at radius 3 is 1.78 bits per heavy atom. The van der Waals surface area contributed by atoms with E-state index in [4.69, 9.17) is 70.2 Å². The molecule has 0 heterocycles. The van der Waals surface area contributed by atoms with E-state index in [-0.39, 0.29) is 25.1 Å². The van der Waals surface area contributed by atoms with Crippen LogP contribution in [0, 0.1) is 0 Å². The fourth-order valence-electron chi connectivity index (χ4n) is 1.12. The van der Waals surface area contributed by atoms with E-state index in [1.54, 1.807) is 0 Å². The van der Waals surface area contributed by atoms with Crippen molar-refractivity contribution in [3.8, 4) is 0 Å². The summed E-state index contributed by atoms with van der Waals surface area (Å²) in [7, 11) is 0. The van der Waals surface area contributed by atoms with Crippen molar-refractivity contribution in [2.24, 2.45) is 0 Å². The zero-order valence-electron chi connectivity index (χ0n) is 8.66. The number of anilines is 1. The second kappa shape index (κ2) is 7.48. The lowest BCUT2D eigenvalue weighted by molar-refractivity contribution is 0.927. The third-order valence-electron chi connectivity index (χ3n) is 1.91. The van der Waals surface area contributed by atoms with Crippen LogP contribution in [0.3, 0.4) is 0 Å². The summed E-state index contributed by atoms with van der Waals surface area (Å²) in [5.74, 6) is 0. The van der Waals surface area contributed by atoms with Gasteiger partial charge in [0.25, 0.3) is 0 Å². The Labute approximate surface area is 141 Å². The molecule has 18 heavy (non-hydrogen) atoms. The zero-order valence-corrected chi connectivity index (χ0v) is 14.2. The van der Waals surface area contributed by atoms with Crippen LogP contribution in [-0.2, 0) is 0 Å². The Kier molecular flexibility index (Phi) is 6.97. The monoisotopic (exact) mass is 382 g/mol. The molecule has 0 aliphatic carbocycles. The van der Waals surface area contributed by atoms with Crippen molar-refractivity contribution in [3.63, 3.8) is 0 Å². The highest BCUT2D eigenvalue weighted by Gasteiger charge is 2.18. The van der Waals surface area contributed by atoms with Crippen LogP contribution in [0.15, 0.2) is 0 Å². The Balaban J connectivity index is 2.86. The van der Waals surface area contributed by atoms with Gasteiger partial charge in [-0.1, -0.05) is 70.2 Å². The van der Waals surface area contributed by atoms with Gasteiger partial charge in [0.1, 0.15) is 4.32 Å². The summed E-state index contributed by atoms with van der Waals surface area (Å²) in [6, 6.07) is 0. The van der Waals surface area contributed by atoms with Crippen LogP contribution in [0.2, 0.25) is 25.1 Å². The molecular formula is C9H7Cl5N2S2. The molecule has 0 amide bonds. The van der Waals surface area contributed by atoms with Crippen LogP contribution in [-0.4, -0.2) is 17.4 Å². The predicted octanol–water partition coefficient (Wildman–Crippen LogP) is 5.17. The first kappa shape index (κ1) is 16.8. The van der Waals surface area contributed by atoms with E-state index in [9.17, 15) is 0 Å². The lowest BCUT2D eigenvalue weighted by Crippen LogP contribution is -2.24. The average Bonchev–Trinajstić information content (AvgIpc) is 2.32. The van der Waals surface area contributed by atoms with Crippen molar-refractivity contribution >= 4 is 92.9 Å². The molecule has 0 spiro atoms. The van der Waals surface area contributed by atoms with Gasteiger partial charge in [0.2, 0.25) is 0 Å². The Hall–Kier alpha value is 0.710. The summed E-state index contributed by atoms with van der Waals surface area (Å²) in [6.45, 7) is 1.06. The van der Waals surface area contributed by atoms with E-state index in [1.165, 1.54) is 0 Å². The van der Waals surface area contributed by atoms with E-state index in [2.05, 4.69) is 23.3 Å². The quantitative estimate of drug-likeness (QED) is 0.219. The third-order valence-corrected chi connectivity index (χ3v) is 4.49. The van der Waals surface area contributed by atoms with Crippen molar-refractivity contribution in [3.05, 3.63) is 25.1 Å². The lowest BCUT2D eigenvalue weighted by Gasteiger charge is -2.14. The molecule has 0 radical (unpaired) electrons. The van der Waals surface area contributed by atoms with Gasteiger partial charge in [0, 0.05) is 13.1 Å². The SMILES string of the molecule is S=C(S)NCCNc1c(Cl)c(Cl)c(Cl)c(Cl)c1Cl. The van der Waals surface area contributed by atoms with Gasteiger partial charge in [-0.05, 0) is 0 Å². The lowest BCUT2D eigenvalue weighted by atomic mass is 10.3. The van der Waals surface area contributed by atoms with Crippen LogP contribution in [0.25, 0.3) is 0 Å². The van der Waals surface area contributed by atoms with Crippen LogP contribution in [0.1, 0.15) is 0 Å². The highest BCUT2D eigenvalue weighted by atomic mass is 35.5. The fourth-order valence-corrected chi connectivity index (χ4v) is 2.60. The molecule has 0 fully saturated rings. The summed E-state index contributed by atoms with van der Waals surface area (Å²) in [5.41, 5.74) is 0.435. The molecule has 0 atom stereocenters. The number of halogens is 5. The van der Waals surface area contributed by atoms with E-state index in [0.717, 1.165) is 0 Å². The van der Waals surface area contributed by atoms with Crippen molar-refractivity contribution in [2.45, 2.75) is 0 Å². The van der Waals surface area contributed by atoms with Crippen molar-refractivity contribution in [1.82, 2.24) is 5.32 Å². The van der Waals surface area contributed by atoms with Crippen LogP contribution < -0.4 is 10.6 Å². The standard InChI is InChI=1S/C9H7Cl5N2S2/c10-3-4(11)6(13)8(7(14)5(3)12)15-1-2-16-9(17)18/h15H,1-2H2,(H2,16,17,18). The first-order valence-corrected chi connectivity index (χ1v) is 7.33. The number of nitrogens with one attached hydrogen (secondary N) is 2. The minimum absolute atomic E-state index is 0.133. The first-order valence-electron chi connectivity index (χ1n) is 4.58. The molecule has 1 aromatic rings. The highest BCUT2D eigenvalue weighted by Crippen LogP contribution is 2.46. The molecular weight excluding hydrogens is 378 g/mol. The molecule has 9 heteroatoms. The van der Waals surface area contributed by atoms with E-state index < -0.39 is 0 Å². The summed E-state index contributed by atoms with van der Waals surface area (Å²) in [4.78, 5) is 0. The second-order valence-electron chi connectivity index (χ2n) is 3.10. The maximum atomic E-state index is 6.03. The van der Waals surface area contributed by atoms with E-state index in [1.807, 2.05) is 0 Å². The zero-order chi connectivity index (χ0) is 13.9. The van der Waals surface area contributed by atoms with Crippen molar-refractivity contribution in [1.29, 1.82) is 0 Å². The molecule has 1 aromatic carbocycles.